The summed E-state index contributed by atoms with van der Waals surface area (Å²) in [5.74, 6) is 1.01. The van der Waals surface area contributed by atoms with E-state index in [9.17, 15) is 0 Å². The summed E-state index contributed by atoms with van der Waals surface area (Å²) in [4.78, 5) is 2.46. The molecule has 0 radical (unpaired) electrons. The van der Waals surface area contributed by atoms with Crippen molar-refractivity contribution in [1.29, 1.82) is 0 Å². The molecule has 2 nitrogen and oxygen atoms in total. The Hall–Kier alpha value is -6.90. The predicted octanol–water partition coefficient (Wildman–Crippen LogP) is 13.2. The summed E-state index contributed by atoms with van der Waals surface area (Å²) >= 11 is 0. The van der Waals surface area contributed by atoms with Gasteiger partial charge < -0.3 is 9.64 Å². The quantitative estimate of drug-likeness (QED) is 0.179. The highest BCUT2D eigenvalue weighted by Gasteiger charge is 2.56. The van der Waals surface area contributed by atoms with Gasteiger partial charge in [0.25, 0.3) is 0 Å². The minimum atomic E-state index is -0.675. The van der Waals surface area contributed by atoms with Gasteiger partial charge in [0.1, 0.15) is 5.75 Å². The van der Waals surface area contributed by atoms with Gasteiger partial charge >= 0.3 is 0 Å². The standard InChI is InChI=1S/C56H39NO/c1-2-19-39(20-3-1)55(40-28-30-41(31-29-40)57-35-33-36-14-6-11-27-49(36)57)34-32-45-53-52(42-21-7-8-22-43(42)54(45)58-55)44-23-9-10-24-46(44)56(53)47-25-12-17-37-15-4-5-16-38-18-13-26-48(56)51(38)50(37)47/h1-31H,32-35H2/b5-4?,15-4-,16-5?,37-15?,38-16?. The predicted molar refractivity (Wildman–Crippen MR) is 238 cm³/mol. The van der Waals surface area contributed by atoms with Crippen LogP contribution in [0, 0.1) is 0 Å². The van der Waals surface area contributed by atoms with Gasteiger partial charge in [-0.15, -0.1) is 0 Å². The van der Waals surface area contributed by atoms with Crippen molar-refractivity contribution in [2.75, 3.05) is 11.4 Å². The summed E-state index contributed by atoms with van der Waals surface area (Å²) in [5, 5.41) is 2.43. The Morgan fingerprint density at radius 3 is 1.91 bits per heavy atom. The van der Waals surface area contributed by atoms with Crippen molar-refractivity contribution >= 4 is 34.3 Å². The monoisotopic (exact) mass is 741 g/mol. The number of hydrogen-bond donors (Lipinski definition) is 0. The number of allylic oxidation sites excluding steroid dienone is 2. The van der Waals surface area contributed by atoms with Gasteiger partial charge in [-0.1, -0.05) is 170 Å². The van der Waals surface area contributed by atoms with Crippen LogP contribution in [-0.4, -0.2) is 6.54 Å². The van der Waals surface area contributed by atoms with E-state index in [1.807, 2.05) is 0 Å². The molecule has 2 heterocycles. The van der Waals surface area contributed by atoms with Crippen LogP contribution >= 0.6 is 0 Å². The second kappa shape index (κ2) is 11.8. The molecule has 0 amide bonds. The molecule has 0 saturated carbocycles. The van der Waals surface area contributed by atoms with Crippen molar-refractivity contribution in [2.24, 2.45) is 0 Å². The minimum absolute atomic E-state index is 0.494. The molecule has 3 aliphatic carbocycles. The fraction of sp³-hybridized carbons (Fsp3) is 0.107. The van der Waals surface area contributed by atoms with Gasteiger partial charge in [-0.05, 0) is 110 Å². The van der Waals surface area contributed by atoms with Crippen LogP contribution in [0.5, 0.6) is 5.75 Å². The number of hydrogen-bond acceptors (Lipinski definition) is 2. The number of benzene rings is 8. The van der Waals surface area contributed by atoms with Crippen LogP contribution in [0.4, 0.5) is 11.4 Å². The minimum Gasteiger partial charge on any atom is -0.477 e. The largest absolute Gasteiger partial charge is 0.477 e. The number of para-hydroxylation sites is 1. The Balaban J connectivity index is 1.08. The molecule has 0 N–H and O–H groups in total. The first-order valence-corrected chi connectivity index (χ1v) is 20.8. The maximum atomic E-state index is 7.89. The first kappa shape index (κ1) is 32.2. The van der Waals surface area contributed by atoms with Gasteiger partial charge in [0, 0.05) is 34.4 Å². The first-order valence-electron chi connectivity index (χ1n) is 20.8. The van der Waals surface area contributed by atoms with E-state index in [1.165, 1.54) is 100 Å². The van der Waals surface area contributed by atoms with Gasteiger partial charge in [-0.25, -0.2) is 0 Å². The Labute approximate surface area is 339 Å². The lowest BCUT2D eigenvalue weighted by atomic mass is 9.67. The van der Waals surface area contributed by atoms with Crippen LogP contribution in [0.15, 0.2) is 176 Å². The zero-order valence-corrected chi connectivity index (χ0v) is 32.1. The smallest absolute Gasteiger partial charge is 0.159 e. The van der Waals surface area contributed by atoms with Gasteiger partial charge in [-0.2, -0.15) is 0 Å². The first-order chi connectivity index (χ1) is 28.8. The molecular weight excluding hydrogens is 703 g/mol. The van der Waals surface area contributed by atoms with Crippen molar-refractivity contribution in [3.8, 4) is 28.0 Å². The van der Waals surface area contributed by atoms with E-state index in [0.717, 1.165) is 31.6 Å². The normalized spacial score (nSPS) is 20.4. The number of ether oxygens (including phenoxy) is 1. The van der Waals surface area contributed by atoms with E-state index in [1.54, 1.807) is 0 Å². The molecule has 0 bridgehead atoms. The highest BCUT2D eigenvalue weighted by Crippen LogP contribution is 2.68. The third-order valence-corrected chi connectivity index (χ3v) is 13.9. The lowest BCUT2D eigenvalue weighted by Crippen LogP contribution is -2.39. The average Bonchev–Trinajstić information content (AvgIpc) is 3.95. The van der Waals surface area contributed by atoms with E-state index in [0.29, 0.717) is 0 Å². The van der Waals surface area contributed by atoms with Crippen molar-refractivity contribution < 1.29 is 4.74 Å². The number of nitrogens with zero attached hydrogens (tertiary/aromatic N) is 1. The fourth-order valence-electron chi connectivity index (χ4n) is 11.6. The lowest BCUT2D eigenvalue weighted by molar-refractivity contribution is 0.0868. The van der Waals surface area contributed by atoms with Gasteiger partial charge in [0.05, 0.1) is 5.41 Å². The molecule has 2 aliphatic heterocycles. The van der Waals surface area contributed by atoms with Gasteiger partial charge in [0.15, 0.2) is 5.60 Å². The highest BCUT2D eigenvalue weighted by molar-refractivity contribution is 6.10. The van der Waals surface area contributed by atoms with E-state index >= 15 is 0 Å². The molecule has 2 heteroatoms. The van der Waals surface area contributed by atoms with Crippen LogP contribution in [-0.2, 0) is 23.9 Å². The highest BCUT2D eigenvalue weighted by atomic mass is 16.5. The molecule has 2 atom stereocenters. The Kier molecular flexibility index (Phi) is 6.56. The maximum absolute atomic E-state index is 7.89. The van der Waals surface area contributed by atoms with Crippen molar-refractivity contribution in [3.05, 3.63) is 232 Å². The third-order valence-electron chi connectivity index (χ3n) is 13.9. The molecule has 0 fully saturated rings. The molecule has 0 aromatic heterocycles. The second-order valence-corrected chi connectivity index (χ2v) is 16.5. The fourth-order valence-corrected chi connectivity index (χ4v) is 11.6. The number of fused-ring (bicyclic) bond motifs is 13. The van der Waals surface area contributed by atoms with E-state index in [2.05, 4.69) is 193 Å². The van der Waals surface area contributed by atoms with Crippen LogP contribution < -0.4 is 9.64 Å². The zero-order valence-electron chi connectivity index (χ0n) is 32.1. The molecule has 58 heavy (non-hydrogen) atoms. The maximum Gasteiger partial charge on any atom is 0.159 e. The molecule has 8 aromatic carbocycles. The third kappa shape index (κ3) is 4.07. The van der Waals surface area contributed by atoms with Gasteiger partial charge in [-0.3, -0.25) is 0 Å². The molecule has 0 saturated heterocycles. The lowest BCUT2D eigenvalue weighted by Gasteiger charge is -2.42. The van der Waals surface area contributed by atoms with Crippen LogP contribution in [0.1, 0.15) is 62.1 Å². The molecule has 1 spiro atoms. The number of rotatable bonds is 3. The summed E-state index contributed by atoms with van der Waals surface area (Å²) in [6.07, 6.45) is 11.7. The molecule has 8 aromatic rings. The summed E-state index contributed by atoms with van der Waals surface area (Å²) in [6.45, 7) is 0.995. The van der Waals surface area contributed by atoms with Crippen LogP contribution in [0.2, 0.25) is 0 Å². The Bertz CT molecular complexity index is 3040. The average molecular weight is 742 g/mol. The van der Waals surface area contributed by atoms with Gasteiger partial charge in [0.2, 0.25) is 0 Å². The molecular formula is C56H39NO. The Morgan fingerprint density at radius 1 is 0.500 bits per heavy atom. The summed E-state index contributed by atoms with van der Waals surface area (Å²) in [5.41, 5.74) is 19.9. The van der Waals surface area contributed by atoms with Crippen molar-refractivity contribution in [2.45, 2.75) is 30.3 Å². The molecule has 274 valence electrons. The molecule has 2 unspecified atom stereocenters. The topological polar surface area (TPSA) is 12.5 Å². The van der Waals surface area contributed by atoms with Crippen LogP contribution in [0.25, 0.3) is 45.2 Å². The summed E-state index contributed by atoms with van der Waals surface area (Å²) < 4.78 is 7.89. The van der Waals surface area contributed by atoms with E-state index < -0.39 is 11.0 Å². The number of anilines is 2. The zero-order chi connectivity index (χ0) is 38.0. The summed E-state index contributed by atoms with van der Waals surface area (Å²) in [6, 6.07) is 61.2. The van der Waals surface area contributed by atoms with Crippen LogP contribution in [0.3, 0.4) is 0 Å². The van der Waals surface area contributed by atoms with E-state index in [-0.39, 0.29) is 0 Å². The van der Waals surface area contributed by atoms with Crippen molar-refractivity contribution in [3.63, 3.8) is 0 Å². The second-order valence-electron chi connectivity index (χ2n) is 16.5. The Morgan fingerprint density at radius 2 is 1.14 bits per heavy atom. The molecule has 13 rings (SSSR count). The van der Waals surface area contributed by atoms with Crippen molar-refractivity contribution in [1.82, 2.24) is 0 Å². The summed E-state index contributed by atoms with van der Waals surface area (Å²) in [7, 11) is 0. The molecule has 5 aliphatic rings. The SMILES string of the molecule is C1=Cc2cccc3c2-c2c(cccc2C32c3ccccc3-c3c2c2c(c4ccccc34)OC(c3ccccc3)(c3ccc(N4CCc5ccccc54)cc3)CC2)/C=C\1. The van der Waals surface area contributed by atoms with E-state index in [4.69, 9.17) is 4.74 Å².